The lowest BCUT2D eigenvalue weighted by Gasteiger charge is -2.35. The Labute approximate surface area is 350 Å². The molecule has 0 N–H and O–H groups in total. The zero-order chi connectivity index (χ0) is 41.4. The van der Waals surface area contributed by atoms with Crippen LogP contribution in [0.4, 0.5) is 34.1 Å². The summed E-state index contributed by atoms with van der Waals surface area (Å²) < 4.78 is 13.4. The van der Waals surface area contributed by atoms with Crippen molar-refractivity contribution in [3.63, 3.8) is 0 Å². The lowest BCUT2D eigenvalue weighted by Crippen LogP contribution is -2.20. The Morgan fingerprint density at radius 2 is 1.02 bits per heavy atom. The van der Waals surface area contributed by atoms with Gasteiger partial charge >= 0.3 is 0 Å². The van der Waals surface area contributed by atoms with Crippen molar-refractivity contribution in [2.24, 2.45) is 0 Å². The van der Waals surface area contributed by atoms with E-state index in [0.717, 1.165) is 51.2 Å². The maximum absolute atomic E-state index is 8.02. The highest BCUT2D eigenvalue weighted by Crippen LogP contribution is 2.53. The predicted molar refractivity (Wildman–Crippen MR) is 247 cm³/mol. The third-order valence-corrected chi connectivity index (χ3v) is 12.6. The van der Waals surface area contributed by atoms with E-state index in [0.29, 0.717) is 18.2 Å². The predicted octanol–water partition coefficient (Wildman–Crippen LogP) is 15.7. The summed E-state index contributed by atoms with van der Waals surface area (Å²) in [4.78, 5) is 4.77. The minimum atomic E-state index is -0.00500. The Morgan fingerprint density at radius 1 is 0.526 bits per heavy atom. The molecule has 4 nitrogen and oxygen atoms in total. The number of rotatable bonds is 6. The molecule has 6 heteroatoms. The van der Waals surface area contributed by atoms with E-state index in [4.69, 9.17) is 21.1 Å². The van der Waals surface area contributed by atoms with Crippen LogP contribution in [0, 0.1) is 34.6 Å². The van der Waals surface area contributed by atoms with Crippen LogP contribution >= 0.6 is 22.9 Å². The van der Waals surface area contributed by atoms with Crippen LogP contribution in [0.5, 0.6) is 11.5 Å². The fraction of sp³-hybridized carbons (Fsp3) is 0.373. The van der Waals surface area contributed by atoms with Crippen LogP contribution in [-0.4, -0.2) is 13.2 Å². The van der Waals surface area contributed by atoms with Crippen molar-refractivity contribution in [1.29, 1.82) is 0 Å². The van der Waals surface area contributed by atoms with Crippen molar-refractivity contribution < 1.29 is 9.47 Å². The van der Waals surface area contributed by atoms with Crippen molar-refractivity contribution in [2.75, 3.05) is 23.0 Å². The smallest absolute Gasteiger partial charge is 0.163 e. The highest BCUT2D eigenvalue weighted by atomic mass is 35.5. The van der Waals surface area contributed by atoms with Crippen LogP contribution in [0.25, 0.3) is 10.1 Å². The molecule has 7 rings (SSSR count). The van der Waals surface area contributed by atoms with Crippen LogP contribution in [0.1, 0.15) is 107 Å². The van der Waals surface area contributed by atoms with E-state index in [9.17, 15) is 0 Å². The fourth-order valence-electron chi connectivity index (χ4n) is 8.13. The number of ether oxygens (including phenoxy) is 2. The van der Waals surface area contributed by atoms with Gasteiger partial charge in [-0.15, -0.1) is 11.3 Å². The summed E-state index contributed by atoms with van der Waals surface area (Å²) >= 11 is 9.80. The van der Waals surface area contributed by atoms with Gasteiger partial charge in [0.2, 0.25) is 0 Å². The van der Waals surface area contributed by atoms with Crippen molar-refractivity contribution >= 4 is 67.1 Å². The van der Waals surface area contributed by atoms with Crippen LogP contribution in [0.3, 0.4) is 0 Å². The maximum Gasteiger partial charge on any atom is 0.163 e. The summed E-state index contributed by atoms with van der Waals surface area (Å²) in [6, 6.07) is 27.1. The molecule has 0 atom stereocenters. The van der Waals surface area contributed by atoms with Crippen LogP contribution in [-0.2, 0) is 16.2 Å². The summed E-state index contributed by atoms with van der Waals surface area (Å²) in [5.74, 6) is 1.49. The Balaban J connectivity index is 1.55. The number of nitrogens with zero attached hydrogens (tertiary/aromatic N) is 2. The molecular formula is C51H59ClN2O2S. The molecule has 0 saturated heterocycles. The molecular weight excluding hydrogens is 740 g/mol. The van der Waals surface area contributed by atoms with E-state index in [-0.39, 0.29) is 16.2 Å². The van der Waals surface area contributed by atoms with Gasteiger partial charge in [-0.3, -0.25) is 0 Å². The second kappa shape index (κ2) is 14.7. The van der Waals surface area contributed by atoms with E-state index in [1.807, 2.05) is 6.07 Å². The van der Waals surface area contributed by atoms with E-state index < -0.39 is 0 Å². The molecule has 0 fully saturated rings. The molecule has 1 aliphatic rings. The summed E-state index contributed by atoms with van der Waals surface area (Å²) in [6.45, 7) is 32.7. The first-order valence-electron chi connectivity index (χ1n) is 20.2. The summed E-state index contributed by atoms with van der Waals surface area (Å²) in [6.07, 6.45) is 0. The number of aryl methyl sites for hydroxylation is 5. The second-order valence-corrected chi connectivity index (χ2v) is 20.4. The van der Waals surface area contributed by atoms with E-state index in [1.54, 1.807) is 11.3 Å². The average Bonchev–Trinajstić information content (AvgIpc) is 3.54. The van der Waals surface area contributed by atoms with Crippen LogP contribution < -0.4 is 19.3 Å². The van der Waals surface area contributed by atoms with Gasteiger partial charge < -0.3 is 19.3 Å². The van der Waals surface area contributed by atoms with Gasteiger partial charge in [-0.2, -0.15) is 0 Å². The summed E-state index contributed by atoms with van der Waals surface area (Å²) in [5, 5.41) is 4.20. The first-order valence-corrected chi connectivity index (χ1v) is 21.4. The summed E-state index contributed by atoms with van der Waals surface area (Å²) in [7, 11) is 0. The van der Waals surface area contributed by atoms with Gasteiger partial charge in [-0.05, 0) is 132 Å². The molecule has 0 unspecified atom stereocenters. The quantitative estimate of drug-likeness (QED) is 0.168. The molecule has 0 radical (unpaired) electrons. The lowest BCUT2D eigenvalue weighted by atomic mass is 9.84. The number of hydrogen-bond donors (Lipinski definition) is 0. The lowest BCUT2D eigenvalue weighted by molar-refractivity contribution is 0.171. The molecule has 1 aliphatic heterocycles. The standard InChI is InChI=1S/C51H59ClN2O2S/c1-30-21-40(53(38-16-17-43-44(28-38)56-20-19-55-43)47-31(2)23-36(24-32(47)3)50(9,10)11)46(52)41(22-30)54(48-33(4)25-37(26-34(48)5)51(12,13)14)42-29-57-45-18-15-35(27-39(42)45)49(6,7)8/h15-18,21-29H,19-20H2,1-14H3. The number of halogens is 1. The van der Waals surface area contributed by atoms with Gasteiger partial charge in [-0.1, -0.05) is 104 Å². The number of anilines is 6. The Kier molecular flexibility index (Phi) is 10.5. The zero-order valence-electron chi connectivity index (χ0n) is 36.4. The van der Waals surface area contributed by atoms with Gasteiger partial charge in [0.1, 0.15) is 13.2 Å². The number of fused-ring (bicyclic) bond motifs is 2. The van der Waals surface area contributed by atoms with Crippen molar-refractivity contribution in [2.45, 2.75) is 113 Å². The van der Waals surface area contributed by atoms with Gasteiger partial charge in [0.05, 0.1) is 39.1 Å². The SMILES string of the molecule is Cc1cc(N(c2ccc3c(c2)OCCO3)c2c(C)cc(C(C)(C)C)cc2C)c(Cl)c(N(c2c(C)cc(C(C)(C)C)cc2C)c2csc3ccc(C(C)(C)C)cc23)c1. The number of benzene rings is 5. The maximum atomic E-state index is 8.02. The molecule has 57 heavy (non-hydrogen) atoms. The molecule has 0 amide bonds. The van der Waals surface area contributed by atoms with Crippen LogP contribution in [0.2, 0.25) is 5.02 Å². The topological polar surface area (TPSA) is 24.9 Å². The highest BCUT2D eigenvalue weighted by molar-refractivity contribution is 7.17. The minimum Gasteiger partial charge on any atom is -0.486 e. The van der Waals surface area contributed by atoms with Crippen molar-refractivity contribution in [3.8, 4) is 11.5 Å². The highest BCUT2D eigenvalue weighted by Gasteiger charge is 2.30. The van der Waals surface area contributed by atoms with Crippen LogP contribution in [0.15, 0.2) is 78.2 Å². The Bertz CT molecular complexity index is 2460. The molecule has 0 aliphatic carbocycles. The third kappa shape index (κ3) is 7.78. The Morgan fingerprint density at radius 3 is 1.54 bits per heavy atom. The first-order chi connectivity index (χ1) is 26.6. The van der Waals surface area contributed by atoms with Gasteiger partial charge in [0.15, 0.2) is 11.5 Å². The van der Waals surface area contributed by atoms with Gasteiger partial charge in [0.25, 0.3) is 0 Å². The largest absolute Gasteiger partial charge is 0.486 e. The van der Waals surface area contributed by atoms with E-state index >= 15 is 0 Å². The van der Waals surface area contributed by atoms with Gasteiger partial charge in [0, 0.05) is 21.5 Å². The second-order valence-electron chi connectivity index (χ2n) is 19.1. The molecule has 298 valence electrons. The first kappa shape index (κ1) is 40.7. The number of thiophene rings is 1. The molecule has 0 spiro atoms. The molecule has 5 aromatic carbocycles. The van der Waals surface area contributed by atoms with Gasteiger partial charge in [-0.25, -0.2) is 0 Å². The van der Waals surface area contributed by atoms with E-state index in [1.165, 1.54) is 49.0 Å². The zero-order valence-corrected chi connectivity index (χ0v) is 38.0. The average molecular weight is 800 g/mol. The van der Waals surface area contributed by atoms with Crippen molar-refractivity contribution in [1.82, 2.24) is 0 Å². The van der Waals surface area contributed by atoms with Crippen molar-refractivity contribution in [3.05, 3.63) is 128 Å². The molecule has 2 heterocycles. The Hall–Kier alpha value is -4.45. The molecule has 0 saturated carbocycles. The fourth-order valence-corrected chi connectivity index (χ4v) is 9.31. The molecule has 6 aromatic rings. The normalized spacial score (nSPS) is 13.3. The van der Waals surface area contributed by atoms with E-state index in [2.05, 4.69) is 179 Å². The molecule has 0 bridgehead atoms. The third-order valence-electron chi connectivity index (χ3n) is 11.3. The number of hydrogen-bond acceptors (Lipinski definition) is 5. The summed E-state index contributed by atoms with van der Waals surface area (Å²) in [5.41, 5.74) is 16.0. The monoisotopic (exact) mass is 798 g/mol. The molecule has 1 aromatic heterocycles. The minimum absolute atomic E-state index is 0.00104.